The molecule has 0 radical (unpaired) electrons. The van der Waals surface area contributed by atoms with Crippen LogP contribution in [-0.4, -0.2) is 17.5 Å². The summed E-state index contributed by atoms with van der Waals surface area (Å²) in [5.74, 6) is 3.01. The number of Topliss-reactive ketones (excluding diaryl/α,β-unsaturated/α-hetero) is 2. The van der Waals surface area contributed by atoms with Crippen molar-refractivity contribution in [1.29, 1.82) is 0 Å². The highest BCUT2D eigenvalue weighted by atomic mass is 79.9. The van der Waals surface area contributed by atoms with Gasteiger partial charge in [-0.15, -0.1) is 11.3 Å². The van der Waals surface area contributed by atoms with Crippen LogP contribution in [0.4, 0.5) is 0 Å². The van der Waals surface area contributed by atoms with Gasteiger partial charge in [-0.3, -0.25) is 14.4 Å². The smallest absolute Gasteiger partial charge is 0.220 e. The first-order valence-corrected chi connectivity index (χ1v) is 15.8. The first-order chi connectivity index (χ1) is 17.1. The van der Waals surface area contributed by atoms with Crippen molar-refractivity contribution in [3.63, 3.8) is 0 Å². The molecule has 198 valence electrons. The zero-order valence-electron chi connectivity index (χ0n) is 22.3. The third kappa shape index (κ3) is 4.46. The molecule has 4 fully saturated rings. The van der Waals surface area contributed by atoms with E-state index >= 15 is 0 Å². The fourth-order valence-electron chi connectivity index (χ4n) is 9.28. The molecule has 1 N–H and O–H groups in total. The van der Waals surface area contributed by atoms with Crippen LogP contribution in [0.1, 0.15) is 103 Å². The Morgan fingerprint density at radius 3 is 2.56 bits per heavy atom. The Bertz CT molecular complexity index is 1040. The highest BCUT2D eigenvalue weighted by Gasteiger charge is 2.63. The topological polar surface area (TPSA) is 63.2 Å². The fourth-order valence-corrected chi connectivity index (χ4v) is 10.8. The molecule has 0 bridgehead atoms. The van der Waals surface area contributed by atoms with E-state index < -0.39 is 0 Å². The Morgan fingerprint density at radius 2 is 1.86 bits per heavy atom. The molecule has 1 heterocycles. The Balaban J connectivity index is 1.28. The summed E-state index contributed by atoms with van der Waals surface area (Å²) in [5.41, 5.74) is 0.274. The molecule has 36 heavy (non-hydrogen) atoms. The predicted octanol–water partition coefficient (Wildman–Crippen LogP) is 7.51. The van der Waals surface area contributed by atoms with E-state index in [1.54, 1.807) is 11.3 Å². The second-order valence-electron chi connectivity index (χ2n) is 12.9. The fraction of sp³-hybridized carbons (Fsp3) is 0.767. The molecule has 4 aliphatic rings. The first kappa shape index (κ1) is 26.6. The van der Waals surface area contributed by atoms with E-state index in [4.69, 9.17) is 0 Å². The molecule has 4 aliphatic carbocycles. The van der Waals surface area contributed by atoms with Crippen LogP contribution in [-0.2, 0) is 14.4 Å². The van der Waals surface area contributed by atoms with Crippen molar-refractivity contribution in [3.05, 3.63) is 20.8 Å². The lowest BCUT2D eigenvalue weighted by atomic mass is 9.44. The number of thiophene rings is 1. The van der Waals surface area contributed by atoms with Crippen LogP contribution < -0.4 is 5.32 Å². The lowest BCUT2D eigenvalue weighted by Crippen LogP contribution is -2.57. The van der Waals surface area contributed by atoms with Gasteiger partial charge in [-0.25, -0.2) is 0 Å². The number of hydrogen-bond acceptors (Lipinski definition) is 4. The van der Waals surface area contributed by atoms with Crippen molar-refractivity contribution in [2.75, 3.05) is 0 Å². The number of ketones is 2. The van der Waals surface area contributed by atoms with Crippen LogP contribution in [0.2, 0.25) is 0 Å². The summed E-state index contributed by atoms with van der Waals surface area (Å²) in [6, 6.07) is 4.22. The van der Waals surface area contributed by atoms with Gasteiger partial charge >= 0.3 is 0 Å². The van der Waals surface area contributed by atoms with Crippen LogP contribution in [0, 0.1) is 46.3 Å². The maximum absolute atomic E-state index is 13.6. The lowest BCUT2D eigenvalue weighted by Gasteiger charge is -2.59. The highest BCUT2D eigenvalue weighted by Crippen LogP contribution is 2.67. The largest absolute Gasteiger partial charge is 0.348 e. The number of hydrogen-bond donors (Lipinski definition) is 1. The number of carbonyl (C=O) groups excluding carboxylic acids is 3. The molecule has 0 aromatic carbocycles. The molecule has 0 spiro atoms. The zero-order chi connectivity index (χ0) is 25.8. The van der Waals surface area contributed by atoms with Gasteiger partial charge in [-0.1, -0.05) is 27.7 Å². The standard InChI is InChI=1S/C30H42BrNO3S/c1-5-23(25-8-9-26(31)36-25)32-27(35)14-17(2)20-6-7-21-28-22(11-13-30(20,21)4)29(3)12-10-19(33)15-18(29)16-24(28)34/h8-9,17-18,20-23,28H,5-7,10-16H2,1-4H3,(H,32,35)/t17-,18+,20-,21+,22+,23-,28+,29+,30-/m1/s1. The minimum absolute atomic E-state index is 0.0688. The molecule has 1 aromatic heterocycles. The molecule has 0 aliphatic heterocycles. The van der Waals surface area contributed by atoms with Gasteiger partial charge in [0.1, 0.15) is 11.6 Å². The van der Waals surface area contributed by atoms with Crippen molar-refractivity contribution < 1.29 is 14.4 Å². The number of fused-ring (bicyclic) bond motifs is 5. The Labute approximate surface area is 228 Å². The van der Waals surface area contributed by atoms with Crippen LogP contribution >= 0.6 is 27.3 Å². The lowest BCUT2D eigenvalue weighted by molar-refractivity contribution is -0.159. The Hall–Kier alpha value is -1.01. The van der Waals surface area contributed by atoms with Crippen LogP contribution in [0.5, 0.6) is 0 Å². The molecule has 1 amide bonds. The molecule has 5 rings (SSSR count). The molecule has 0 unspecified atom stereocenters. The molecule has 4 saturated carbocycles. The van der Waals surface area contributed by atoms with Crippen molar-refractivity contribution in [2.45, 2.75) is 97.9 Å². The van der Waals surface area contributed by atoms with E-state index in [0.717, 1.165) is 42.3 Å². The second-order valence-corrected chi connectivity index (χ2v) is 15.4. The second kappa shape index (κ2) is 9.94. The number of amides is 1. The van der Waals surface area contributed by atoms with E-state index in [0.29, 0.717) is 60.9 Å². The number of nitrogens with one attached hydrogen (secondary N) is 1. The van der Waals surface area contributed by atoms with Crippen LogP contribution in [0.15, 0.2) is 15.9 Å². The average Bonchev–Trinajstić information content (AvgIpc) is 3.41. The highest BCUT2D eigenvalue weighted by molar-refractivity contribution is 9.11. The minimum atomic E-state index is 0.0688. The normalized spacial score (nSPS) is 39.6. The van der Waals surface area contributed by atoms with Gasteiger partial charge in [0.15, 0.2) is 0 Å². The molecule has 4 nitrogen and oxygen atoms in total. The SMILES string of the molecule is CC[C@@H](NC(=O)C[C@@H](C)[C@H]1CC[C@H]2[C@@H]3C(=O)C[C@@H]4CC(=O)CC[C@]4(C)[C@H]3CC[C@]12C)c1ccc(Br)s1. The summed E-state index contributed by atoms with van der Waals surface area (Å²) in [6.45, 7) is 9.22. The Morgan fingerprint density at radius 1 is 1.11 bits per heavy atom. The summed E-state index contributed by atoms with van der Waals surface area (Å²) in [7, 11) is 0. The van der Waals surface area contributed by atoms with E-state index in [1.165, 1.54) is 4.88 Å². The van der Waals surface area contributed by atoms with Gasteiger partial charge in [0.05, 0.1) is 9.83 Å². The van der Waals surface area contributed by atoms with Crippen molar-refractivity contribution >= 4 is 44.7 Å². The van der Waals surface area contributed by atoms with Gasteiger partial charge < -0.3 is 5.32 Å². The molecule has 9 atom stereocenters. The zero-order valence-corrected chi connectivity index (χ0v) is 24.7. The van der Waals surface area contributed by atoms with Gasteiger partial charge in [-0.2, -0.15) is 0 Å². The van der Waals surface area contributed by atoms with E-state index in [9.17, 15) is 14.4 Å². The summed E-state index contributed by atoms with van der Waals surface area (Å²) in [5, 5.41) is 3.30. The van der Waals surface area contributed by atoms with Crippen LogP contribution in [0.25, 0.3) is 0 Å². The summed E-state index contributed by atoms with van der Waals surface area (Å²) >= 11 is 5.23. The maximum atomic E-state index is 13.6. The summed E-state index contributed by atoms with van der Waals surface area (Å²) in [6.07, 6.45) is 8.81. The third-order valence-corrected chi connectivity index (χ3v) is 13.0. The van der Waals surface area contributed by atoms with Crippen LogP contribution in [0.3, 0.4) is 0 Å². The number of carbonyl (C=O) groups is 3. The molecule has 1 aromatic rings. The van der Waals surface area contributed by atoms with Crippen molar-refractivity contribution in [2.24, 2.45) is 46.3 Å². The molecule has 0 saturated heterocycles. The van der Waals surface area contributed by atoms with E-state index in [-0.39, 0.29) is 34.6 Å². The predicted molar refractivity (Wildman–Crippen MR) is 148 cm³/mol. The monoisotopic (exact) mass is 575 g/mol. The number of rotatable bonds is 6. The molecule has 6 heteroatoms. The van der Waals surface area contributed by atoms with Crippen molar-refractivity contribution in [3.8, 4) is 0 Å². The van der Waals surface area contributed by atoms with Gasteiger partial charge in [-0.05, 0) is 107 Å². The quantitative estimate of drug-likeness (QED) is 0.381. The van der Waals surface area contributed by atoms with Crippen molar-refractivity contribution in [1.82, 2.24) is 5.32 Å². The summed E-state index contributed by atoms with van der Waals surface area (Å²) in [4.78, 5) is 40.1. The Kier molecular flexibility index (Phi) is 7.35. The maximum Gasteiger partial charge on any atom is 0.220 e. The van der Waals surface area contributed by atoms with E-state index in [2.05, 4.69) is 55.0 Å². The van der Waals surface area contributed by atoms with E-state index in [1.807, 2.05) is 6.07 Å². The minimum Gasteiger partial charge on any atom is -0.348 e. The van der Waals surface area contributed by atoms with Gasteiger partial charge in [0.25, 0.3) is 0 Å². The first-order valence-electron chi connectivity index (χ1n) is 14.2. The van der Waals surface area contributed by atoms with Gasteiger partial charge in [0.2, 0.25) is 5.91 Å². The average molecular weight is 577 g/mol. The third-order valence-electron chi connectivity index (χ3n) is 11.2. The van der Waals surface area contributed by atoms with Gasteiger partial charge in [0, 0.05) is 36.5 Å². The summed E-state index contributed by atoms with van der Waals surface area (Å²) < 4.78 is 1.09. The molecular weight excluding hydrogens is 534 g/mol. The number of halogens is 1. The molecular formula is C30H42BrNO3S.